The van der Waals surface area contributed by atoms with Crippen molar-refractivity contribution in [1.82, 2.24) is 0 Å². The molecule has 0 bridgehead atoms. The molecule has 0 aromatic rings. The van der Waals surface area contributed by atoms with Crippen molar-refractivity contribution in [3.8, 4) is 0 Å². The van der Waals surface area contributed by atoms with E-state index in [0.29, 0.717) is 25.0 Å². The molecule has 0 aromatic carbocycles. The normalized spacial score (nSPS) is 24.5. The lowest BCUT2D eigenvalue weighted by Gasteiger charge is -2.14. The Morgan fingerprint density at radius 2 is 2.45 bits per heavy atom. The zero-order valence-corrected chi connectivity index (χ0v) is 6.42. The Kier molecular flexibility index (Phi) is 2.47. The van der Waals surface area contributed by atoms with Crippen molar-refractivity contribution in [2.24, 2.45) is 5.92 Å². The van der Waals surface area contributed by atoms with E-state index >= 15 is 0 Å². The molecule has 0 fully saturated rings. The molecule has 1 aliphatic carbocycles. The highest BCUT2D eigenvalue weighted by Gasteiger charge is 2.19. The van der Waals surface area contributed by atoms with E-state index in [2.05, 4.69) is 6.58 Å². The molecular formula is C9H12O2. The van der Waals surface area contributed by atoms with Crippen LogP contribution in [-0.2, 0) is 4.79 Å². The fourth-order valence-electron chi connectivity index (χ4n) is 1.22. The van der Waals surface area contributed by atoms with Gasteiger partial charge in [0, 0.05) is 18.8 Å². The zero-order chi connectivity index (χ0) is 8.27. The van der Waals surface area contributed by atoms with E-state index in [-0.39, 0.29) is 11.7 Å². The van der Waals surface area contributed by atoms with Crippen molar-refractivity contribution < 1.29 is 9.90 Å². The van der Waals surface area contributed by atoms with E-state index in [0.717, 1.165) is 0 Å². The monoisotopic (exact) mass is 152 g/mol. The van der Waals surface area contributed by atoms with Crippen LogP contribution in [0.15, 0.2) is 24.5 Å². The van der Waals surface area contributed by atoms with Gasteiger partial charge in [0.25, 0.3) is 0 Å². The van der Waals surface area contributed by atoms with Crippen LogP contribution in [0.2, 0.25) is 0 Å². The van der Waals surface area contributed by atoms with Gasteiger partial charge >= 0.3 is 0 Å². The second kappa shape index (κ2) is 3.37. The third kappa shape index (κ3) is 1.93. The largest absolute Gasteiger partial charge is 0.513 e. The molecule has 0 amide bonds. The third-order valence-electron chi connectivity index (χ3n) is 1.86. The van der Waals surface area contributed by atoms with Gasteiger partial charge in [-0.3, -0.25) is 4.79 Å². The van der Waals surface area contributed by atoms with Gasteiger partial charge in [0.15, 0.2) is 0 Å². The van der Waals surface area contributed by atoms with E-state index in [1.54, 1.807) is 12.2 Å². The summed E-state index contributed by atoms with van der Waals surface area (Å²) in [5.74, 6) is 0.431. The molecule has 60 valence electrons. The summed E-state index contributed by atoms with van der Waals surface area (Å²) in [4.78, 5) is 11.1. The molecule has 2 nitrogen and oxygen atoms in total. The molecule has 0 spiro atoms. The van der Waals surface area contributed by atoms with Crippen LogP contribution in [0.5, 0.6) is 0 Å². The van der Waals surface area contributed by atoms with E-state index in [4.69, 9.17) is 5.11 Å². The summed E-state index contributed by atoms with van der Waals surface area (Å²) in [5.41, 5.74) is 0. The average molecular weight is 152 g/mol. The van der Waals surface area contributed by atoms with Gasteiger partial charge in [0.05, 0.1) is 5.76 Å². The first-order valence-electron chi connectivity index (χ1n) is 3.77. The van der Waals surface area contributed by atoms with Crippen molar-refractivity contribution in [3.63, 3.8) is 0 Å². The maximum Gasteiger partial charge on any atom is 0.140 e. The van der Waals surface area contributed by atoms with Crippen molar-refractivity contribution in [2.45, 2.75) is 19.3 Å². The van der Waals surface area contributed by atoms with E-state index < -0.39 is 0 Å². The zero-order valence-electron chi connectivity index (χ0n) is 6.42. The molecule has 1 unspecified atom stereocenters. The SMILES string of the molecule is C=CCC1C=C(O)CCC1=O. The highest BCUT2D eigenvalue weighted by molar-refractivity contribution is 5.84. The standard InChI is InChI=1S/C9H12O2/c1-2-3-7-6-8(10)4-5-9(7)11/h2,6-7,10H,1,3-5H2. The Balaban J connectivity index is 2.66. The highest BCUT2D eigenvalue weighted by atomic mass is 16.3. The summed E-state index contributed by atoms with van der Waals surface area (Å²) in [6.07, 6.45) is 4.96. The van der Waals surface area contributed by atoms with Crippen molar-refractivity contribution in [1.29, 1.82) is 0 Å². The predicted octanol–water partition coefficient (Wildman–Crippen LogP) is 1.98. The van der Waals surface area contributed by atoms with Gasteiger partial charge in [-0.05, 0) is 12.5 Å². The molecule has 2 heteroatoms. The number of allylic oxidation sites excluding steroid dienone is 3. The second-order valence-corrected chi connectivity index (χ2v) is 2.76. The first-order chi connectivity index (χ1) is 5.24. The number of aliphatic hydroxyl groups excluding tert-OH is 1. The molecule has 0 heterocycles. The lowest BCUT2D eigenvalue weighted by molar-refractivity contribution is -0.122. The van der Waals surface area contributed by atoms with Gasteiger partial charge in [0.1, 0.15) is 5.78 Å². The number of carbonyl (C=O) groups is 1. The molecule has 0 aromatic heterocycles. The quantitative estimate of drug-likeness (QED) is 0.614. The summed E-state index contributed by atoms with van der Waals surface area (Å²) in [7, 11) is 0. The maximum absolute atomic E-state index is 11.1. The van der Waals surface area contributed by atoms with Gasteiger partial charge in [-0.25, -0.2) is 0 Å². The van der Waals surface area contributed by atoms with Crippen LogP contribution in [0, 0.1) is 5.92 Å². The number of ketones is 1. The van der Waals surface area contributed by atoms with Crippen molar-refractivity contribution >= 4 is 5.78 Å². The number of rotatable bonds is 2. The molecule has 11 heavy (non-hydrogen) atoms. The average Bonchev–Trinajstić information content (AvgIpc) is 1.98. The van der Waals surface area contributed by atoms with Crippen LogP contribution >= 0.6 is 0 Å². The van der Waals surface area contributed by atoms with Gasteiger partial charge in [0.2, 0.25) is 0 Å². The number of Topliss-reactive ketones (excluding diaryl/α,β-unsaturated/α-hetero) is 1. The lowest BCUT2D eigenvalue weighted by atomic mass is 9.91. The minimum absolute atomic E-state index is 0.124. The summed E-state index contributed by atoms with van der Waals surface area (Å²) < 4.78 is 0. The summed E-state index contributed by atoms with van der Waals surface area (Å²) >= 11 is 0. The third-order valence-corrected chi connectivity index (χ3v) is 1.86. The van der Waals surface area contributed by atoms with Crippen LogP contribution in [0.3, 0.4) is 0 Å². The van der Waals surface area contributed by atoms with Crippen LogP contribution < -0.4 is 0 Å². The molecule has 1 atom stereocenters. The van der Waals surface area contributed by atoms with Crippen LogP contribution in [0.25, 0.3) is 0 Å². The van der Waals surface area contributed by atoms with Crippen LogP contribution in [0.4, 0.5) is 0 Å². The molecule has 1 N–H and O–H groups in total. The fourth-order valence-corrected chi connectivity index (χ4v) is 1.22. The number of hydrogen-bond acceptors (Lipinski definition) is 2. The Hall–Kier alpha value is -1.05. The first kappa shape index (κ1) is 8.05. The van der Waals surface area contributed by atoms with Crippen molar-refractivity contribution in [3.05, 3.63) is 24.5 Å². The molecule has 1 aliphatic rings. The van der Waals surface area contributed by atoms with Gasteiger partial charge < -0.3 is 5.11 Å². The topological polar surface area (TPSA) is 37.3 Å². The molecule has 0 radical (unpaired) electrons. The Labute approximate surface area is 66.2 Å². The minimum atomic E-state index is -0.124. The van der Waals surface area contributed by atoms with E-state index in [9.17, 15) is 4.79 Å². The van der Waals surface area contributed by atoms with E-state index in [1.807, 2.05) is 0 Å². The summed E-state index contributed by atoms with van der Waals surface area (Å²) in [6.45, 7) is 3.55. The van der Waals surface area contributed by atoms with Gasteiger partial charge in [-0.1, -0.05) is 6.08 Å². The number of aliphatic hydroxyl groups is 1. The first-order valence-corrected chi connectivity index (χ1v) is 3.77. The van der Waals surface area contributed by atoms with E-state index in [1.165, 1.54) is 0 Å². The van der Waals surface area contributed by atoms with Crippen LogP contribution in [-0.4, -0.2) is 10.9 Å². The van der Waals surface area contributed by atoms with Gasteiger partial charge in [-0.2, -0.15) is 0 Å². The lowest BCUT2D eigenvalue weighted by Crippen LogP contribution is -2.16. The second-order valence-electron chi connectivity index (χ2n) is 2.76. The van der Waals surface area contributed by atoms with Gasteiger partial charge in [-0.15, -0.1) is 6.58 Å². The molecule has 0 saturated carbocycles. The summed E-state index contributed by atoms with van der Waals surface area (Å²) in [5, 5.41) is 9.10. The Bertz CT molecular complexity index is 204. The fraction of sp³-hybridized carbons (Fsp3) is 0.444. The Morgan fingerprint density at radius 1 is 1.73 bits per heavy atom. The Morgan fingerprint density at radius 3 is 3.09 bits per heavy atom. The van der Waals surface area contributed by atoms with Crippen LogP contribution in [0.1, 0.15) is 19.3 Å². The highest BCUT2D eigenvalue weighted by Crippen LogP contribution is 2.20. The summed E-state index contributed by atoms with van der Waals surface area (Å²) in [6, 6.07) is 0. The minimum Gasteiger partial charge on any atom is -0.513 e. The maximum atomic E-state index is 11.1. The predicted molar refractivity (Wildman–Crippen MR) is 43.3 cm³/mol. The molecule has 0 aliphatic heterocycles. The molecule has 1 rings (SSSR count). The number of hydrogen-bond donors (Lipinski definition) is 1. The molecule has 0 saturated heterocycles. The molecular weight excluding hydrogens is 140 g/mol. The smallest absolute Gasteiger partial charge is 0.140 e. The van der Waals surface area contributed by atoms with Crippen molar-refractivity contribution in [2.75, 3.05) is 0 Å². The number of carbonyl (C=O) groups excluding carboxylic acids is 1.